The Bertz CT molecular complexity index is 3330. The van der Waals surface area contributed by atoms with E-state index in [1.807, 2.05) is 0 Å². The summed E-state index contributed by atoms with van der Waals surface area (Å²) in [7, 11) is 0. The van der Waals surface area contributed by atoms with E-state index in [-0.39, 0.29) is 10.8 Å². The molecule has 2 nitrogen and oxygen atoms in total. The molecule has 0 spiro atoms. The lowest BCUT2D eigenvalue weighted by molar-refractivity contribution is 0.659. The van der Waals surface area contributed by atoms with Crippen molar-refractivity contribution in [3.05, 3.63) is 216 Å². The van der Waals surface area contributed by atoms with Gasteiger partial charge in [-0.05, 0) is 80.2 Å². The van der Waals surface area contributed by atoms with E-state index in [1.54, 1.807) is 0 Å². The summed E-state index contributed by atoms with van der Waals surface area (Å²) in [5.74, 6) is 0. The minimum atomic E-state index is -0.255. The molecule has 0 bridgehead atoms. The topological polar surface area (TPSA) is 8.17 Å². The SMILES string of the molecule is CC1(C)c2ccccc2-c2c(N(c3cccc4c3C(C)(C)c3ccccc3-4)c3cc(-n4c5ccccc5c5ccccc54)c4ccccc4c3-c3ccccc3)cccc21. The average Bonchev–Trinajstić information content (AvgIpc) is 3.84. The Labute approximate surface area is 351 Å². The number of hydrogen-bond donors (Lipinski definition) is 0. The lowest BCUT2D eigenvalue weighted by atomic mass is 9.80. The molecule has 9 aromatic carbocycles. The molecular formula is C58H44N2. The van der Waals surface area contributed by atoms with Crippen molar-refractivity contribution >= 4 is 49.6 Å². The fraction of sp³-hybridized carbons (Fsp3) is 0.103. The van der Waals surface area contributed by atoms with Gasteiger partial charge in [-0.25, -0.2) is 0 Å². The van der Waals surface area contributed by atoms with E-state index < -0.39 is 0 Å². The van der Waals surface area contributed by atoms with Gasteiger partial charge in [0.2, 0.25) is 0 Å². The van der Waals surface area contributed by atoms with Crippen molar-refractivity contribution in [2.45, 2.75) is 38.5 Å². The highest BCUT2D eigenvalue weighted by atomic mass is 15.2. The Morgan fingerprint density at radius 2 is 0.883 bits per heavy atom. The number of anilines is 3. The summed E-state index contributed by atoms with van der Waals surface area (Å²) in [5, 5.41) is 4.93. The summed E-state index contributed by atoms with van der Waals surface area (Å²) in [6, 6.07) is 72.4. The summed E-state index contributed by atoms with van der Waals surface area (Å²) in [5.41, 5.74) is 19.7. The molecule has 2 aliphatic rings. The number of fused-ring (bicyclic) bond motifs is 10. The summed E-state index contributed by atoms with van der Waals surface area (Å²) in [4.78, 5) is 2.65. The minimum absolute atomic E-state index is 0.165. The highest BCUT2D eigenvalue weighted by Crippen LogP contribution is 2.59. The van der Waals surface area contributed by atoms with Crippen LogP contribution in [0.1, 0.15) is 49.9 Å². The molecule has 0 fully saturated rings. The molecule has 1 heterocycles. The van der Waals surface area contributed by atoms with Crippen LogP contribution < -0.4 is 4.90 Å². The molecule has 0 atom stereocenters. The van der Waals surface area contributed by atoms with Crippen LogP contribution >= 0.6 is 0 Å². The van der Waals surface area contributed by atoms with Gasteiger partial charge in [0.1, 0.15) is 0 Å². The van der Waals surface area contributed by atoms with Crippen molar-refractivity contribution in [2.24, 2.45) is 0 Å². The van der Waals surface area contributed by atoms with Gasteiger partial charge < -0.3 is 9.47 Å². The second kappa shape index (κ2) is 12.7. The van der Waals surface area contributed by atoms with E-state index in [0.717, 1.165) is 11.4 Å². The quantitative estimate of drug-likeness (QED) is 0.169. The van der Waals surface area contributed by atoms with E-state index >= 15 is 0 Å². The maximum atomic E-state index is 2.65. The predicted molar refractivity (Wildman–Crippen MR) is 254 cm³/mol. The third-order valence-electron chi connectivity index (χ3n) is 13.8. The molecule has 2 aliphatic carbocycles. The van der Waals surface area contributed by atoms with Crippen molar-refractivity contribution in [2.75, 3.05) is 4.90 Å². The molecule has 10 aromatic rings. The Balaban J connectivity index is 1.28. The van der Waals surface area contributed by atoms with Crippen LogP contribution in [-0.2, 0) is 10.8 Å². The molecule has 12 rings (SSSR count). The van der Waals surface area contributed by atoms with Crippen LogP contribution in [0, 0.1) is 0 Å². The number of para-hydroxylation sites is 2. The Hall–Kier alpha value is -7.16. The summed E-state index contributed by atoms with van der Waals surface area (Å²) in [6.45, 7) is 9.60. The van der Waals surface area contributed by atoms with Crippen LogP contribution in [-0.4, -0.2) is 4.57 Å². The second-order valence-electron chi connectivity index (χ2n) is 17.6. The number of hydrogen-bond acceptors (Lipinski definition) is 1. The summed E-state index contributed by atoms with van der Waals surface area (Å²) >= 11 is 0. The minimum Gasteiger partial charge on any atom is -0.309 e. The molecule has 0 unspecified atom stereocenters. The van der Waals surface area contributed by atoms with Crippen LogP contribution in [0.3, 0.4) is 0 Å². The van der Waals surface area contributed by atoms with Gasteiger partial charge in [-0.15, -0.1) is 0 Å². The fourth-order valence-corrected chi connectivity index (χ4v) is 11.1. The van der Waals surface area contributed by atoms with Crippen molar-refractivity contribution in [1.82, 2.24) is 4.57 Å². The summed E-state index contributed by atoms with van der Waals surface area (Å²) < 4.78 is 2.51. The van der Waals surface area contributed by atoms with Gasteiger partial charge in [0.25, 0.3) is 0 Å². The van der Waals surface area contributed by atoms with E-state index in [2.05, 4.69) is 231 Å². The molecule has 0 saturated carbocycles. The monoisotopic (exact) mass is 768 g/mol. The van der Waals surface area contributed by atoms with Crippen molar-refractivity contribution < 1.29 is 0 Å². The van der Waals surface area contributed by atoms with Crippen LogP contribution in [0.5, 0.6) is 0 Å². The first-order chi connectivity index (χ1) is 29.3. The van der Waals surface area contributed by atoms with E-state index in [1.165, 1.54) is 99.6 Å². The van der Waals surface area contributed by atoms with Crippen molar-refractivity contribution in [3.8, 4) is 39.1 Å². The molecule has 0 aliphatic heterocycles. The van der Waals surface area contributed by atoms with E-state index in [9.17, 15) is 0 Å². The Morgan fingerprint density at radius 3 is 1.60 bits per heavy atom. The van der Waals surface area contributed by atoms with Crippen LogP contribution in [0.15, 0.2) is 194 Å². The molecule has 0 N–H and O–H groups in total. The van der Waals surface area contributed by atoms with Gasteiger partial charge in [0.15, 0.2) is 0 Å². The Morgan fingerprint density at radius 1 is 0.367 bits per heavy atom. The van der Waals surface area contributed by atoms with Crippen LogP contribution in [0.2, 0.25) is 0 Å². The number of benzene rings is 9. The van der Waals surface area contributed by atoms with Gasteiger partial charge in [-0.2, -0.15) is 0 Å². The molecule has 0 radical (unpaired) electrons. The fourth-order valence-electron chi connectivity index (χ4n) is 11.1. The maximum Gasteiger partial charge on any atom is 0.0567 e. The molecule has 2 heteroatoms. The Kier molecular flexibility index (Phi) is 7.36. The number of aromatic nitrogens is 1. The lowest BCUT2D eigenvalue weighted by Gasteiger charge is -2.35. The molecule has 286 valence electrons. The largest absolute Gasteiger partial charge is 0.309 e. The highest BCUT2D eigenvalue weighted by Gasteiger charge is 2.42. The second-order valence-corrected chi connectivity index (χ2v) is 17.6. The average molecular weight is 769 g/mol. The van der Waals surface area contributed by atoms with Gasteiger partial charge >= 0.3 is 0 Å². The molecular weight excluding hydrogens is 725 g/mol. The van der Waals surface area contributed by atoms with Gasteiger partial charge in [-0.1, -0.05) is 191 Å². The number of nitrogens with zero attached hydrogens (tertiary/aromatic N) is 2. The molecule has 1 aromatic heterocycles. The molecule has 60 heavy (non-hydrogen) atoms. The summed E-state index contributed by atoms with van der Waals surface area (Å²) in [6.07, 6.45) is 0. The zero-order valence-corrected chi connectivity index (χ0v) is 34.4. The first-order valence-corrected chi connectivity index (χ1v) is 21.2. The standard InChI is InChI=1S/C58H44N2/c1-57(2)46-30-15-11-27-44(46)55-47(57)31-19-34-50(55)60(51-35-18-28-43-38-22-10-14-29-45(38)58(3,4)56(43)51)53-36-52(41-25-8-9-26-42(41)54(53)37-20-6-5-7-21-37)59-48-32-16-12-23-39(48)40-24-13-17-33-49(40)59/h5-36H,1-4H3. The highest BCUT2D eigenvalue weighted by molar-refractivity contribution is 6.14. The van der Waals surface area contributed by atoms with Gasteiger partial charge in [0, 0.05) is 38.1 Å². The van der Waals surface area contributed by atoms with Crippen LogP contribution in [0.25, 0.3) is 71.6 Å². The van der Waals surface area contributed by atoms with Crippen molar-refractivity contribution in [1.29, 1.82) is 0 Å². The van der Waals surface area contributed by atoms with E-state index in [0.29, 0.717) is 0 Å². The maximum absolute atomic E-state index is 2.65. The zero-order chi connectivity index (χ0) is 40.3. The zero-order valence-electron chi connectivity index (χ0n) is 34.4. The predicted octanol–water partition coefficient (Wildman–Crippen LogP) is 15.7. The first kappa shape index (κ1) is 34.8. The normalized spacial score (nSPS) is 14.3. The van der Waals surface area contributed by atoms with Gasteiger partial charge in [0.05, 0.1) is 33.8 Å². The smallest absolute Gasteiger partial charge is 0.0567 e. The number of rotatable bonds is 5. The third-order valence-corrected chi connectivity index (χ3v) is 13.8. The van der Waals surface area contributed by atoms with Crippen LogP contribution in [0.4, 0.5) is 17.1 Å². The molecule has 0 amide bonds. The van der Waals surface area contributed by atoms with E-state index in [4.69, 9.17) is 0 Å². The first-order valence-electron chi connectivity index (χ1n) is 21.2. The van der Waals surface area contributed by atoms with Crippen molar-refractivity contribution in [3.63, 3.8) is 0 Å². The lowest BCUT2D eigenvalue weighted by Crippen LogP contribution is -2.22. The third kappa shape index (κ3) is 4.70. The van der Waals surface area contributed by atoms with Gasteiger partial charge in [-0.3, -0.25) is 0 Å². The molecule has 0 saturated heterocycles.